The van der Waals surface area contributed by atoms with Crippen molar-refractivity contribution in [2.45, 2.75) is 0 Å². The molecule has 2 N–H and O–H groups in total. The van der Waals surface area contributed by atoms with Gasteiger partial charge in [0.15, 0.2) is 11.6 Å². The summed E-state index contributed by atoms with van der Waals surface area (Å²) < 4.78 is 13.8. The number of benzene rings is 3. The monoisotopic (exact) mass is 282 g/mol. The molecule has 0 fully saturated rings. The first kappa shape index (κ1) is 13.1. The molecule has 0 heterocycles. The quantitative estimate of drug-likeness (QED) is 0.745. The van der Waals surface area contributed by atoms with E-state index >= 15 is 0 Å². The summed E-state index contributed by atoms with van der Waals surface area (Å²) in [6.45, 7) is 0. The number of carboxylic acids is 1. The molecule has 0 atom stereocenters. The number of phenols is 1. The van der Waals surface area contributed by atoms with E-state index in [1.165, 1.54) is 18.2 Å². The predicted octanol–water partition coefficient (Wildman–Crippen LogP) is 4.05. The Bertz CT molecular complexity index is 839. The molecule has 4 heteroatoms. The number of aromatic hydroxyl groups is 1. The van der Waals surface area contributed by atoms with Crippen LogP contribution in [0.3, 0.4) is 0 Å². The molecular weight excluding hydrogens is 271 g/mol. The van der Waals surface area contributed by atoms with E-state index in [4.69, 9.17) is 5.11 Å². The largest absolute Gasteiger partial charge is 0.505 e. The lowest BCUT2D eigenvalue weighted by molar-refractivity contribution is 0.0697. The first-order chi connectivity index (χ1) is 10.1. The number of phenolic OH excluding ortho intramolecular Hbond substituents is 1. The number of halogens is 1. The van der Waals surface area contributed by atoms with Crippen LogP contribution in [0, 0.1) is 5.82 Å². The third-order valence-electron chi connectivity index (χ3n) is 3.40. The standard InChI is InChI=1S/C17H11FO3/c18-16-14-7-5-12(9-13(14)6-8-15(16)19)10-1-3-11(4-2-10)17(20)21/h1-9,19H,(H,20,21). The van der Waals surface area contributed by atoms with Crippen molar-refractivity contribution in [3.8, 4) is 16.9 Å². The van der Waals surface area contributed by atoms with Crippen molar-refractivity contribution in [2.24, 2.45) is 0 Å². The zero-order valence-electron chi connectivity index (χ0n) is 10.9. The maximum absolute atomic E-state index is 13.8. The van der Waals surface area contributed by atoms with E-state index in [0.717, 1.165) is 11.1 Å². The molecular formula is C17H11FO3. The Morgan fingerprint density at radius 1 is 0.905 bits per heavy atom. The van der Waals surface area contributed by atoms with E-state index < -0.39 is 11.8 Å². The third-order valence-corrected chi connectivity index (χ3v) is 3.40. The molecule has 3 aromatic carbocycles. The molecule has 0 aromatic heterocycles. The van der Waals surface area contributed by atoms with Gasteiger partial charge in [-0.1, -0.05) is 30.3 Å². The van der Waals surface area contributed by atoms with Crippen LogP contribution in [0.2, 0.25) is 0 Å². The van der Waals surface area contributed by atoms with Gasteiger partial charge in [-0.25, -0.2) is 9.18 Å². The van der Waals surface area contributed by atoms with Crippen molar-refractivity contribution >= 4 is 16.7 Å². The van der Waals surface area contributed by atoms with Crippen molar-refractivity contribution in [2.75, 3.05) is 0 Å². The van der Waals surface area contributed by atoms with E-state index in [1.807, 2.05) is 0 Å². The molecule has 0 aliphatic rings. The molecule has 0 saturated carbocycles. The van der Waals surface area contributed by atoms with Crippen LogP contribution >= 0.6 is 0 Å². The van der Waals surface area contributed by atoms with E-state index in [0.29, 0.717) is 10.8 Å². The Morgan fingerprint density at radius 3 is 2.24 bits per heavy atom. The molecule has 3 rings (SSSR count). The zero-order valence-corrected chi connectivity index (χ0v) is 10.9. The average Bonchev–Trinajstić information content (AvgIpc) is 2.51. The minimum Gasteiger partial charge on any atom is -0.505 e. The summed E-state index contributed by atoms with van der Waals surface area (Å²) in [7, 11) is 0. The van der Waals surface area contributed by atoms with Gasteiger partial charge in [0.1, 0.15) is 0 Å². The van der Waals surface area contributed by atoms with Crippen LogP contribution in [0.4, 0.5) is 4.39 Å². The second kappa shape index (κ2) is 4.90. The van der Waals surface area contributed by atoms with Gasteiger partial charge in [-0.15, -0.1) is 0 Å². The van der Waals surface area contributed by atoms with Gasteiger partial charge in [0, 0.05) is 5.39 Å². The van der Waals surface area contributed by atoms with Crippen LogP contribution in [-0.2, 0) is 0 Å². The number of hydrogen-bond donors (Lipinski definition) is 2. The van der Waals surface area contributed by atoms with Crippen LogP contribution in [0.15, 0.2) is 54.6 Å². The van der Waals surface area contributed by atoms with E-state index in [-0.39, 0.29) is 11.3 Å². The molecule has 104 valence electrons. The summed E-state index contributed by atoms with van der Waals surface area (Å²) in [5.74, 6) is -1.99. The molecule has 0 radical (unpaired) electrons. The van der Waals surface area contributed by atoms with E-state index in [2.05, 4.69) is 0 Å². The Labute approximate surface area is 119 Å². The smallest absolute Gasteiger partial charge is 0.335 e. The minimum absolute atomic E-state index is 0.218. The Morgan fingerprint density at radius 2 is 1.57 bits per heavy atom. The van der Waals surface area contributed by atoms with Crippen molar-refractivity contribution in [3.05, 3.63) is 66.0 Å². The molecule has 0 spiro atoms. The van der Waals surface area contributed by atoms with Crippen molar-refractivity contribution in [3.63, 3.8) is 0 Å². The lowest BCUT2D eigenvalue weighted by atomic mass is 10.00. The highest BCUT2D eigenvalue weighted by Crippen LogP contribution is 2.29. The number of carboxylic acid groups (broad SMARTS) is 1. The zero-order chi connectivity index (χ0) is 15.0. The van der Waals surface area contributed by atoms with Gasteiger partial charge < -0.3 is 10.2 Å². The minimum atomic E-state index is -0.974. The van der Waals surface area contributed by atoms with Crippen LogP contribution < -0.4 is 0 Å². The summed E-state index contributed by atoms with van der Waals surface area (Å²) in [6, 6.07) is 14.6. The first-order valence-electron chi connectivity index (χ1n) is 6.31. The van der Waals surface area contributed by atoms with Crippen LogP contribution in [0.25, 0.3) is 21.9 Å². The van der Waals surface area contributed by atoms with Crippen LogP contribution in [-0.4, -0.2) is 16.2 Å². The predicted molar refractivity (Wildman–Crippen MR) is 78.0 cm³/mol. The summed E-state index contributed by atoms with van der Waals surface area (Å²) in [6.07, 6.45) is 0. The number of carbonyl (C=O) groups is 1. The van der Waals surface area contributed by atoms with Gasteiger partial charge in [0.25, 0.3) is 0 Å². The van der Waals surface area contributed by atoms with Gasteiger partial charge in [-0.05, 0) is 40.8 Å². The number of fused-ring (bicyclic) bond motifs is 1. The van der Waals surface area contributed by atoms with Gasteiger partial charge in [-0.2, -0.15) is 0 Å². The number of aromatic carboxylic acids is 1. The Hall–Kier alpha value is -2.88. The van der Waals surface area contributed by atoms with Crippen molar-refractivity contribution < 1.29 is 19.4 Å². The topological polar surface area (TPSA) is 57.5 Å². The number of hydrogen-bond acceptors (Lipinski definition) is 2. The lowest BCUT2D eigenvalue weighted by Crippen LogP contribution is -1.94. The normalized spacial score (nSPS) is 10.7. The molecule has 0 saturated heterocycles. The molecule has 0 unspecified atom stereocenters. The molecule has 0 bridgehead atoms. The maximum Gasteiger partial charge on any atom is 0.335 e. The van der Waals surface area contributed by atoms with Crippen LogP contribution in [0.1, 0.15) is 10.4 Å². The first-order valence-corrected chi connectivity index (χ1v) is 6.31. The molecule has 0 amide bonds. The molecule has 3 aromatic rings. The Balaban J connectivity index is 2.09. The lowest BCUT2D eigenvalue weighted by Gasteiger charge is -2.06. The summed E-state index contributed by atoms with van der Waals surface area (Å²) in [5.41, 5.74) is 1.91. The molecule has 0 aliphatic heterocycles. The van der Waals surface area contributed by atoms with E-state index in [1.54, 1.807) is 36.4 Å². The second-order valence-electron chi connectivity index (χ2n) is 4.72. The molecule has 0 aliphatic carbocycles. The highest BCUT2D eigenvalue weighted by molar-refractivity contribution is 5.90. The fraction of sp³-hybridized carbons (Fsp3) is 0. The maximum atomic E-state index is 13.8. The highest BCUT2D eigenvalue weighted by atomic mass is 19.1. The van der Waals surface area contributed by atoms with E-state index in [9.17, 15) is 14.3 Å². The summed E-state index contributed by atoms with van der Waals surface area (Å²) in [5, 5.41) is 19.3. The fourth-order valence-corrected chi connectivity index (χ4v) is 2.27. The van der Waals surface area contributed by atoms with Gasteiger partial charge in [0.05, 0.1) is 5.56 Å². The second-order valence-corrected chi connectivity index (χ2v) is 4.72. The average molecular weight is 282 g/mol. The molecule has 3 nitrogen and oxygen atoms in total. The van der Waals surface area contributed by atoms with Gasteiger partial charge in [0.2, 0.25) is 0 Å². The number of rotatable bonds is 2. The summed E-state index contributed by atoms with van der Waals surface area (Å²) in [4.78, 5) is 10.8. The van der Waals surface area contributed by atoms with Crippen LogP contribution in [0.5, 0.6) is 5.75 Å². The van der Waals surface area contributed by atoms with Gasteiger partial charge >= 0.3 is 5.97 Å². The highest BCUT2D eigenvalue weighted by Gasteiger charge is 2.08. The third kappa shape index (κ3) is 2.31. The van der Waals surface area contributed by atoms with Crippen molar-refractivity contribution in [1.29, 1.82) is 0 Å². The summed E-state index contributed by atoms with van der Waals surface area (Å²) >= 11 is 0. The SMILES string of the molecule is O=C(O)c1ccc(-c2ccc3c(F)c(O)ccc3c2)cc1. The Kier molecular flexibility index (Phi) is 3.06. The van der Waals surface area contributed by atoms with Gasteiger partial charge in [-0.3, -0.25) is 0 Å². The molecule has 21 heavy (non-hydrogen) atoms. The fourth-order valence-electron chi connectivity index (χ4n) is 2.27. The van der Waals surface area contributed by atoms with Crippen molar-refractivity contribution in [1.82, 2.24) is 0 Å².